The first-order valence-corrected chi connectivity index (χ1v) is 18.9. The molecule has 0 amide bonds. The second-order valence-electron chi connectivity index (χ2n) is 14.2. The number of rotatable bonds is 6. The summed E-state index contributed by atoms with van der Waals surface area (Å²) in [7, 11) is 0. The van der Waals surface area contributed by atoms with Crippen molar-refractivity contribution in [3.8, 4) is 61.8 Å². The number of para-hydroxylation sites is 2. The lowest BCUT2D eigenvalue weighted by molar-refractivity contribution is 0.670. The minimum absolute atomic E-state index is 0.665. The fourth-order valence-electron chi connectivity index (χ4n) is 8.19. The summed E-state index contributed by atoms with van der Waals surface area (Å²) < 4.78 is 9.15. The first kappa shape index (κ1) is 31.9. The highest BCUT2D eigenvalue weighted by molar-refractivity contribution is 6.13. The number of benzene rings is 8. The first-order chi connectivity index (χ1) is 27.8. The monoisotopic (exact) mass is 715 g/mol. The Hall–Kier alpha value is -7.56. The van der Waals surface area contributed by atoms with Gasteiger partial charge in [-0.2, -0.15) is 0 Å². The number of nitrogens with zero attached hydrogens (tertiary/aromatic N) is 3. The number of hydrogen-bond acceptors (Lipinski definition) is 3. The van der Waals surface area contributed by atoms with Gasteiger partial charge in [0.1, 0.15) is 11.2 Å². The second kappa shape index (κ2) is 13.1. The zero-order valence-electron chi connectivity index (χ0n) is 30.3. The lowest BCUT2D eigenvalue weighted by atomic mass is 9.96. The fraction of sp³-hybridized carbons (Fsp3) is 0. The molecule has 0 saturated carbocycles. The largest absolute Gasteiger partial charge is 0.455 e. The molecule has 0 saturated heterocycles. The molecule has 262 valence electrons. The van der Waals surface area contributed by atoms with Crippen molar-refractivity contribution in [2.75, 3.05) is 0 Å². The predicted molar refractivity (Wildman–Crippen MR) is 231 cm³/mol. The van der Waals surface area contributed by atoms with Gasteiger partial charge in [0.15, 0.2) is 5.82 Å². The van der Waals surface area contributed by atoms with E-state index in [4.69, 9.17) is 14.4 Å². The van der Waals surface area contributed by atoms with Crippen LogP contribution in [0, 0.1) is 0 Å². The molecule has 0 unspecified atom stereocenters. The van der Waals surface area contributed by atoms with Crippen molar-refractivity contribution in [3.63, 3.8) is 0 Å². The van der Waals surface area contributed by atoms with Crippen LogP contribution >= 0.6 is 0 Å². The van der Waals surface area contributed by atoms with E-state index in [1.807, 2.05) is 36.4 Å². The second-order valence-corrected chi connectivity index (χ2v) is 14.2. The van der Waals surface area contributed by atoms with E-state index in [0.29, 0.717) is 5.82 Å². The molecular weight excluding hydrogens is 683 g/mol. The van der Waals surface area contributed by atoms with E-state index in [1.165, 1.54) is 32.9 Å². The molecule has 0 fully saturated rings. The van der Waals surface area contributed by atoms with E-state index in [1.54, 1.807) is 0 Å². The van der Waals surface area contributed by atoms with Gasteiger partial charge in [-0.05, 0) is 59.2 Å². The minimum atomic E-state index is 0.665. The maximum atomic E-state index is 6.78. The lowest BCUT2D eigenvalue weighted by Gasteiger charge is -2.13. The van der Waals surface area contributed by atoms with Crippen molar-refractivity contribution in [2.45, 2.75) is 0 Å². The molecule has 56 heavy (non-hydrogen) atoms. The summed E-state index contributed by atoms with van der Waals surface area (Å²) in [6, 6.07) is 70.1. The van der Waals surface area contributed by atoms with Gasteiger partial charge in [-0.3, -0.25) is 0 Å². The fourth-order valence-corrected chi connectivity index (χ4v) is 8.19. The molecule has 0 aliphatic carbocycles. The van der Waals surface area contributed by atoms with E-state index in [2.05, 4.69) is 168 Å². The van der Waals surface area contributed by atoms with Gasteiger partial charge in [-0.1, -0.05) is 158 Å². The topological polar surface area (TPSA) is 43.9 Å². The molecule has 11 aromatic rings. The van der Waals surface area contributed by atoms with Gasteiger partial charge in [0, 0.05) is 49.5 Å². The maximum Gasteiger partial charge on any atom is 0.161 e. The molecule has 0 radical (unpaired) electrons. The van der Waals surface area contributed by atoms with Crippen LogP contribution in [0.5, 0.6) is 0 Å². The average molecular weight is 716 g/mol. The summed E-state index contributed by atoms with van der Waals surface area (Å²) in [6.07, 6.45) is 0. The van der Waals surface area contributed by atoms with Crippen molar-refractivity contribution < 1.29 is 4.42 Å². The van der Waals surface area contributed by atoms with Gasteiger partial charge in [0.2, 0.25) is 0 Å². The Kier molecular flexibility index (Phi) is 7.46. The highest BCUT2D eigenvalue weighted by Gasteiger charge is 2.20. The molecule has 3 heterocycles. The third-order valence-corrected chi connectivity index (χ3v) is 10.8. The van der Waals surface area contributed by atoms with Gasteiger partial charge in [0.25, 0.3) is 0 Å². The lowest BCUT2D eigenvalue weighted by Crippen LogP contribution is -1.97. The Morgan fingerprint density at radius 1 is 0.357 bits per heavy atom. The molecule has 4 nitrogen and oxygen atoms in total. The van der Waals surface area contributed by atoms with Crippen molar-refractivity contribution in [1.82, 2.24) is 14.5 Å². The summed E-state index contributed by atoms with van der Waals surface area (Å²) in [5, 5.41) is 4.58. The zero-order valence-corrected chi connectivity index (χ0v) is 30.3. The Labute approximate surface area is 323 Å². The van der Waals surface area contributed by atoms with Crippen LogP contribution in [0.4, 0.5) is 0 Å². The van der Waals surface area contributed by atoms with Crippen LogP contribution in [0.2, 0.25) is 0 Å². The van der Waals surface area contributed by atoms with Gasteiger partial charge in [-0.15, -0.1) is 0 Å². The highest BCUT2D eigenvalue weighted by Crippen LogP contribution is 2.42. The van der Waals surface area contributed by atoms with Gasteiger partial charge in [0.05, 0.1) is 22.4 Å². The van der Waals surface area contributed by atoms with Crippen molar-refractivity contribution in [2.24, 2.45) is 0 Å². The van der Waals surface area contributed by atoms with Gasteiger partial charge in [-0.25, -0.2) is 9.97 Å². The summed E-state index contributed by atoms with van der Waals surface area (Å²) in [6.45, 7) is 0. The molecule has 0 bridgehead atoms. The minimum Gasteiger partial charge on any atom is -0.455 e. The molecule has 0 aliphatic heterocycles. The molecular formula is C52H33N3O. The van der Waals surface area contributed by atoms with Crippen LogP contribution in [0.1, 0.15) is 0 Å². The summed E-state index contributed by atoms with van der Waals surface area (Å²) in [4.78, 5) is 10.4. The molecule has 11 rings (SSSR count). The van der Waals surface area contributed by atoms with Crippen molar-refractivity contribution in [3.05, 3.63) is 200 Å². The number of aromatic nitrogens is 3. The summed E-state index contributed by atoms with van der Waals surface area (Å²) in [5.41, 5.74) is 14.3. The van der Waals surface area contributed by atoms with E-state index in [-0.39, 0.29) is 0 Å². The molecule has 0 N–H and O–H groups in total. The maximum absolute atomic E-state index is 6.78. The quantitative estimate of drug-likeness (QED) is 0.172. The van der Waals surface area contributed by atoms with Crippen LogP contribution in [0.15, 0.2) is 205 Å². The normalized spacial score (nSPS) is 11.6. The van der Waals surface area contributed by atoms with Crippen LogP contribution in [-0.2, 0) is 0 Å². The van der Waals surface area contributed by atoms with Crippen molar-refractivity contribution >= 4 is 43.7 Å². The van der Waals surface area contributed by atoms with E-state index in [9.17, 15) is 0 Å². The molecule has 3 aromatic heterocycles. The predicted octanol–water partition coefficient (Wildman–Crippen LogP) is 13.8. The van der Waals surface area contributed by atoms with E-state index >= 15 is 0 Å². The standard InChI is InChI=1S/C52H33N3O/c1-4-15-34(16-5-1)37-27-29-49-44(31-37)40-22-12-13-26-48(40)55(49)38-28-30-50-45(32-38)42-25-14-24-41(51(42)56-50)39-21-10-11-23-43(39)52-53-46(35-17-6-2-7-18-35)33-47(54-52)36-19-8-3-9-20-36/h1-33H. The van der Waals surface area contributed by atoms with Crippen LogP contribution < -0.4 is 0 Å². The number of furan rings is 1. The Bertz CT molecular complexity index is 3180. The third kappa shape index (κ3) is 5.31. The van der Waals surface area contributed by atoms with E-state index < -0.39 is 0 Å². The van der Waals surface area contributed by atoms with Crippen LogP contribution in [-0.4, -0.2) is 14.5 Å². The number of fused-ring (bicyclic) bond motifs is 6. The van der Waals surface area contributed by atoms with Gasteiger partial charge < -0.3 is 8.98 Å². The molecule has 8 aromatic carbocycles. The van der Waals surface area contributed by atoms with Crippen molar-refractivity contribution in [1.29, 1.82) is 0 Å². The molecule has 0 aliphatic rings. The average Bonchev–Trinajstić information content (AvgIpc) is 3.82. The molecule has 0 atom stereocenters. The summed E-state index contributed by atoms with van der Waals surface area (Å²) in [5.74, 6) is 0.665. The number of hydrogen-bond donors (Lipinski definition) is 0. The Morgan fingerprint density at radius 2 is 0.946 bits per heavy atom. The molecule has 4 heteroatoms. The third-order valence-electron chi connectivity index (χ3n) is 10.8. The Morgan fingerprint density at radius 3 is 1.68 bits per heavy atom. The Balaban J connectivity index is 1.07. The van der Waals surface area contributed by atoms with Crippen LogP contribution in [0.3, 0.4) is 0 Å². The van der Waals surface area contributed by atoms with E-state index in [0.717, 1.165) is 66.8 Å². The zero-order chi connectivity index (χ0) is 37.0. The van der Waals surface area contributed by atoms with Gasteiger partial charge >= 0.3 is 0 Å². The molecule has 0 spiro atoms. The SMILES string of the molecule is c1ccc(-c2ccc3c(c2)c2ccccc2n3-c2ccc3oc4c(-c5ccccc5-c5nc(-c6ccccc6)cc(-c6ccccc6)n5)cccc4c3c2)cc1. The smallest absolute Gasteiger partial charge is 0.161 e. The van der Waals surface area contributed by atoms with Crippen LogP contribution in [0.25, 0.3) is 106 Å². The highest BCUT2D eigenvalue weighted by atomic mass is 16.3. The first-order valence-electron chi connectivity index (χ1n) is 18.9. The summed E-state index contributed by atoms with van der Waals surface area (Å²) >= 11 is 0.